The summed E-state index contributed by atoms with van der Waals surface area (Å²) in [5.74, 6) is 1.17. The maximum absolute atomic E-state index is 10.0. The van der Waals surface area contributed by atoms with Crippen LogP contribution < -0.4 is 5.73 Å². The molecule has 0 bridgehead atoms. The number of aliphatic hydroxyl groups excluding tert-OH is 1. The van der Waals surface area contributed by atoms with Crippen LogP contribution in [0.15, 0.2) is 18.3 Å². The van der Waals surface area contributed by atoms with E-state index in [9.17, 15) is 5.11 Å². The second-order valence-electron chi connectivity index (χ2n) is 4.23. The quantitative estimate of drug-likeness (QED) is 0.845. The maximum atomic E-state index is 10.0. The van der Waals surface area contributed by atoms with E-state index in [0.717, 1.165) is 16.6 Å². The highest BCUT2D eigenvalue weighted by Gasteiger charge is 2.18. The van der Waals surface area contributed by atoms with Crippen molar-refractivity contribution in [2.45, 2.75) is 37.0 Å². The lowest BCUT2D eigenvalue weighted by molar-refractivity contribution is 0.204. The Bertz CT molecular complexity index is 340. The van der Waals surface area contributed by atoms with Gasteiger partial charge in [-0.25, -0.2) is 4.98 Å². The van der Waals surface area contributed by atoms with Gasteiger partial charge in [-0.3, -0.25) is 0 Å². The van der Waals surface area contributed by atoms with E-state index in [1.54, 1.807) is 6.20 Å². The van der Waals surface area contributed by atoms with Crippen LogP contribution in [0.5, 0.6) is 0 Å². The minimum atomic E-state index is -0.487. The van der Waals surface area contributed by atoms with E-state index in [4.69, 9.17) is 5.73 Å². The Morgan fingerprint density at radius 1 is 1.50 bits per heavy atom. The highest BCUT2D eigenvalue weighted by atomic mass is 32.2. The number of pyridine rings is 1. The molecule has 2 rings (SSSR count). The zero-order valence-corrected chi connectivity index (χ0v) is 10.1. The van der Waals surface area contributed by atoms with Crippen LogP contribution >= 0.6 is 11.8 Å². The zero-order chi connectivity index (χ0) is 11.4. The third-order valence-electron chi connectivity index (χ3n) is 3.02. The number of thioether (sulfide) groups is 1. The standard InChI is InChI=1S/C12H18N2OS/c13-12-10(6-3-7-14-12)11(15)8-16-9-4-1-2-5-9/h3,6-7,9,11,15H,1-2,4-5,8H2,(H2,13,14). The predicted molar refractivity (Wildman–Crippen MR) is 68.3 cm³/mol. The summed E-state index contributed by atoms with van der Waals surface area (Å²) >= 11 is 1.86. The SMILES string of the molecule is Nc1ncccc1C(O)CSC1CCCC1. The molecule has 1 atom stereocenters. The first-order valence-electron chi connectivity index (χ1n) is 5.77. The number of nitrogens with zero attached hydrogens (tertiary/aromatic N) is 1. The van der Waals surface area contributed by atoms with Gasteiger partial charge in [0.1, 0.15) is 5.82 Å². The molecule has 0 aromatic carbocycles. The van der Waals surface area contributed by atoms with E-state index in [1.165, 1.54) is 25.7 Å². The molecule has 3 N–H and O–H groups in total. The van der Waals surface area contributed by atoms with E-state index in [-0.39, 0.29) is 0 Å². The molecule has 0 amide bonds. The Labute approximate surface area is 100 Å². The maximum Gasteiger partial charge on any atom is 0.129 e. The van der Waals surface area contributed by atoms with E-state index in [1.807, 2.05) is 23.9 Å². The van der Waals surface area contributed by atoms with Crippen molar-refractivity contribution >= 4 is 17.6 Å². The molecule has 0 aliphatic heterocycles. The number of rotatable bonds is 4. The van der Waals surface area contributed by atoms with E-state index < -0.39 is 6.10 Å². The fourth-order valence-corrected chi connectivity index (χ4v) is 3.38. The molecule has 3 nitrogen and oxygen atoms in total. The molecular weight excluding hydrogens is 220 g/mol. The lowest BCUT2D eigenvalue weighted by Gasteiger charge is -2.14. The van der Waals surface area contributed by atoms with Crippen molar-refractivity contribution < 1.29 is 5.11 Å². The molecule has 1 saturated carbocycles. The molecule has 4 heteroatoms. The van der Waals surface area contributed by atoms with Gasteiger partial charge in [0.25, 0.3) is 0 Å². The van der Waals surface area contributed by atoms with Gasteiger partial charge in [0.2, 0.25) is 0 Å². The van der Waals surface area contributed by atoms with Crippen LogP contribution in [0.25, 0.3) is 0 Å². The molecule has 1 aliphatic carbocycles. The van der Waals surface area contributed by atoms with Crippen LogP contribution in [0.1, 0.15) is 37.4 Å². The summed E-state index contributed by atoms with van der Waals surface area (Å²) in [6.07, 6.45) is 6.42. The minimum absolute atomic E-state index is 0.446. The van der Waals surface area contributed by atoms with Gasteiger partial charge in [-0.1, -0.05) is 18.9 Å². The van der Waals surface area contributed by atoms with Gasteiger partial charge in [-0.15, -0.1) is 0 Å². The summed E-state index contributed by atoms with van der Waals surface area (Å²) in [5, 5.41) is 10.8. The van der Waals surface area contributed by atoms with Crippen molar-refractivity contribution in [3.05, 3.63) is 23.9 Å². The normalized spacial score (nSPS) is 18.8. The fourth-order valence-electron chi connectivity index (χ4n) is 2.08. The molecule has 0 saturated heterocycles. The number of nitrogen functional groups attached to an aromatic ring is 1. The predicted octanol–water partition coefficient (Wildman–Crippen LogP) is 2.37. The van der Waals surface area contributed by atoms with Crippen LogP contribution in [-0.4, -0.2) is 21.1 Å². The zero-order valence-electron chi connectivity index (χ0n) is 9.30. The molecule has 1 heterocycles. The molecule has 1 aromatic rings. The monoisotopic (exact) mass is 238 g/mol. The molecular formula is C12H18N2OS. The first-order chi connectivity index (χ1) is 7.77. The molecule has 0 spiro atoms. The molecule has 0 radical (unpaired) electrons. The van der Waals surface area contributed by atoms with Gasteiger partial charge in [0.15, 0.2) is 0 Å². The highest BCUT2D eigenvalue weighted by Crippen LogP contribution is 2.32. The van der Waals surface area contributed by atoms with Gasteiger partial charge < -0.3 is 10.8 Å². The van der Waals surface area contributed by atoms with Gasteiger partial charge in [-0.05, 0) is 18.9 Å². The summed E-state index contributed by atoms with van der Waals surface area (Å²) in [4.78, 5) is 3.99. The highest BCUT2D eigenvalue weighted by molar-refractivity contribution is 7.99. The molecule has 1 aliphatic rings. The second kappa shape index (κ2) is 5.55. The van der Waals surface area contributed by atoms with Gasteiger partial charge in [-0.2, -0.15) is 11.8 Å². The van der Waals surface area contributed by atoms with Crippen LogP contribution in [0.3, 0.4) is 0 Å². The molecule has 1 fully saturated rings. The third-order valence-corrected chi connectivity index (χ3v) is 4.47. The Kier molecular flexibility index (Phi) is 4.07. The first kappa shape index (κ1) is 11.7. The fraction of sp³-hybridized carbons (Fsp3) is 0.583. The van der Waals surface area contributed by atoms with Crippen LogP contribution in [0.4, 0.5) is 5.82 Å². The van der Waals surface area contributed by atoms with Gasteiger partial charge in [0.05, 0.1) is 6.10 Å². The molecule has 88 valence electrons. The summed E-state index contributed by atoms with van der Waals surface area (Å²) < 4.78 is 0. The molecule has 1 aromatic heterocycles. The number of aliphatic hydroxyl groups is 1. The topological polar surface area (TPSA) is 59.1 Å². The molecule has 1 unspecified atom stereocenters. The van der Waals surface area contributed by atoms with Crippen LogP contribution in [0, 0.1) is 0 Å². The lowest BCUT2D eigenvalue weighted by Crippen LogP contribution is -2.08. The van der Waals surface area contributed by atoms with Gasteiger partial charge >= 0.3 is 0 Å². The van der Waals surface area contributed by atoms with E-state index in [0.29, 0.717) is 5.82 Å². The summed E-state index contributed by atoms with van der Waals surface area (Å²) in [7, 11) is 0. The van der Waals surface area contributed by atoms with Crippen molar-refractivity contribution in [3.63, 3.8) is 0 Å². The van der Waals surface area contributed by atoms with Gasteiger partial charge in [0, 0.05) is 22.8 Å². The third kappa shape index (κ3) is 2.89. The van der Waals surface area contributed by atoms with E-state index >= 15 is 0 Å². The Morgan fingerprint density at radius 3 is 2.94 bits per heavy atom. The number of aromatic nitrogens is 1. The summed E-state index contributed by atoms with van der Waals surface area (Å²) in [6, 6.07) is 3.66. The average molecular weight is 238 g/mol. The number of hydrogen-bond donors (Lipinski definition) is 2. The summed E-state index contributed by atoms with van der Waals surface area (Å²) in [6.45, 7) is 0. The van der Waals surface area contributed by atoms with Crippen molar-refractivity contribution in [3.8, 4) is 0 Å². The lowest BCUT2D eigenvalue weighted by atomic mass is 10.2. The average Bonchev–Trinajstić information content (AvgIpc) is 2.79. The van der Waals surface area contributed by atoms with Crippen molar-refractivity contribution in [1.82, 2.24) is 4.98 Å². The largest absolute Gasteiger partial charge is 0.387 e. The minimum Gasteiger partial charge on any atom is -0.387 e. The number of nitrogens with two attached hydrogens (primary N) is 1. The van der Waals surface area contributed by atoms with Crippen molar-refractivity contribution in [2.24, 2.45) is 0 Å². The second-order valence-corrected chi connectivity index (χ2v) is 5.57. The summed E-state index contributed by atoms with van der Waals surface area (Å²) in [5.41, 5.74) is 6.48. The number of anilines is 1. The van der Waals surface area contributed by atoms with E-state index in [2.05, 4.69) is 4.98 Å². The Hall–Kier alpha value is -0.740. The number of hydrogen-bond acceptors (Lipinski definition) is 4. The Morgan fingerprint density at radius 2 is 2.25 bits per heavy atom. The first-order valence-corrected chi connectivity index (χ1v) is 6.82. The van der Waals surface area contributed by atoms with Crippen molar-refractivity contribution in [2.75, 3.05) is 11.5 Å². The van der Waals surface area contributed by atoms with Crippen LogP contribution in [0.2, 0.25) is 0 Å². The molecule has 16 heavy (non-hydrogen) atoms. The van der Waals surface area contributed by atoms with Crippen LogP contribution in [-0.2, 0) is 0 Å². The Balaban J connectivity index is 1.87. The smallest absolute Gasteiger partial charge is 0.129 e. The van der Waals surface area contributed by atoms with Crippen molar-refractivity contribution in [1.29, 1.82) is 0 Å².